The van der Waals surface area contributed by atoms with Crippen molar-refractivity contribution in [2.24, 2.45) is 0 Å². The zero-order chi connectivity index (χ0) is 10.5. The number of aromatic nitrogens is 2. The van der Waals surface area contributed by atoms with Crippen LogP contribution in [0, 0.1) is 34.6 Å². The fraction of sp³-hybridized carbons (Fsp3) is 0.417. The van der Waals surface area contributed by atoms with E-state index in [0.29, 0.717) is 0 Å². The molecule has 14 heavy (non-hydrogen) atoms. The molecule has 2 rings (SSSR count). The summed E-state index contributed by atoms with van der Waals surface area (Å²) >= 11 is 0. The minimum atomic E-state index is 1.03. The molecule has 0 atom stereocenters. The van der Waals surface area contributed by atoms with Gasteiger partial charge in [0.25, 0.3) is 0 Å². The van der Waals surface area contributed by atoms with Gasteiger partial charge in [-0.2, -0.15) is 0 Å². The molecular weight excluding hydrogens is 172 g/mol. The van der Waals surface area contributed by atoms with Crippen LogP contribution in [0.5, 0.6) is 0 Å². The highest BCUT2D eigenvalue weighted by Gasteiger charge is 2.11. The molecule has 2 aromatic heterocycles. The average molecular weight is 188 g/mol. The fourth-order valence-corrected chi connectivity index (χ4v) is 1.95. The van der Waals surface area contributed by atoms with E-state index in [-0.39, 0.29) is 0 Å². The number of hydrogen-bond acceptors (Lipinski definition) is 1. The van der Waals surface area contributed by atoms with Gasteiger partial charge in [-0.25, -0.2) is 4.98 Å². The van der Waals surface area contributed by atoms with Crippen molar-refractivity contribution in [3.63, 3.8) is 0 Å². The van der Waals surface area contributed by atoms with Crippen molar-refractivity contribution in [1.29, 1.82) is 0 Å². The number of aryl methyl sites for hydroxylation is 4. The molecule has 2 aromatic rings. The lowest BCUT2D eigenvalue weighted by atomic mass is 10.0. The van der Waals surface area contributed by atoms with Gasteiger partial charge in [-0.15, -0.1) is 0 Å². The molecule has 0 amide bonds. The minimum absolute atomic E-state index is 1.03. The molecule has 0 spiro atoms. The standard InChI is InChI=1S/C12H16N2/c1-6-7(2)11-8(3)10(5)14-12(11)13-9(6)4/h1-5H3,(H,13,14). The second kappa shape index (κ2) is 2.84. The number of nitrogens with one attached hydrogen (secondary N) is 1. The van der Waals surface area contributed by atoms with Crippen LogP contribution in [0.3, 0.4) is 0 Å². The average Bonchev–Trinajstić information content (AvgIpc) is 2.39. The highest BCUT2D eigenvalue weighted by Crippen LogP contribution is 2.26. The van der Waals surface area contributed by atoms with Gasteiger partial charge >= 0.3 is 0 Å². The maximum absolute atomic E-state index is 4.56. The summed E-state index contributed by atoms with van der Waals surface area (Å²) in [6, 6.07) is 0. The first kappa shape index (κ1) is 9.25. The van der Waals surface area contributed by atoms with Crippen LogP contribution in [0.15, 0.2) is 0 Å². The van der Waals surface area contributed by atoms with Gasteiger partial charge in [-0.05, 0) is 51.3 Å². The molecule has 0 radical (unpaired) electrons. The Labute approximate surface area is 84.4 Å². The van der Waals surface area contributed by atoms with Crippen LogP contribution in [0.25, 0.3) is 11.0 Å². The Morgan fingerprint density at radius 1 is 0.857 bits per heavy atom. The monoisotopic (exact) mass is 188 g/mol. The largest absolute Gasteiger partial charge is 0.343 e. The fourth-order valence-electron chi connectivity index (χ4n) is 1.95. The third-order valence-electron chi connectivity index (χ3n) is 3.24. The van der Waals surface area contributed by atoms with Crippen molar-refractivity contribution >= 4 is 11.0 Å². The van der Waals surface area contributed by atoms with E-state index in [1.54, 1.807) is 0 Å². The van der Waals surface area contributed by atoms with Gasteiger partial charge in [0.2, 0.25) is 0 Å². The summed E-state index contributed by atoms with van der Waals surface area (Å²) in [5.74, 6) is 0. The van der Waals surface area contributed by atoms with E-state index in [9.17, 15) is 0 Å². The molecule has 0 bridgehead atoms. The summed E-state index contributed by atoms with van der Waals surface area (Å²) in [7, 11) is 0. The van der Waals surface area contributed by atoms with Crippen LogP contribution in [-0.2, 0) is 0 Å². The Balaban J connectivity index is 2.99. The number of rotatable bonds is 0. The highest BCUT2D eigenvalue weighted by atomic mass is 14.9. The van der Waals surface area contributed by atoms with E-state index in [0.717, 1.165) is 11.3 Å². The predicted molar refractivity (Wildman–Crippen MR) is 59.8 cm³/mol. The Kier molecular flexibility index (Phi) is 1.88. The van der Waals surface area contributed by atoms with Crippen molar-refractivity contribution in [2.75, 3.05) is 0 Å². The molecule has 0 saturated carbocycles. The molecule has 0 aliphatic rings. The number of hydrogen-bond donors (Lipinski definition) is 1. The number of aromatic amines is 1. The molecule has 0 aliphatic heterocycles. The molecule has 0 aromatic carbocycles. The van der Waals surface area contributed by atoms with Crippen LogP contribution >= 0.6 is 0 Å². The second-order valence-electron chi connectivity index (χ2n) is 4.05. The van der Waals surface area contributed by atoms with Crippen LogP contribution in [-0.4, -0.2) is 9.97 Å². The zero-order valence-electron chi connectivity index (χ0n) is 9.45. The normalized spacial score (nSPS) is 11.2. The van der Waals surface area contributed by atoms with Gasteiger partial charge in [0.15, 0.2) is 0 Å². The number of H-pyrrole nitrogens is 1. The molecule has 0 saturated heterocycles. The van der Waals surface area contributed by atoms with Gasteiger partial charge in [0.05, 0.1) is 0 Å². The quantitative estimate of drug-likeness (QED) is 0.676. The number of fused-ring (bicyclic) bond motifs is 1. The zero-order valence-corrected chi connectivity index (χ0v) is 9.45. The minimum Gasteiger partial charge on any atom is -0.343 e. The summed E-state index contributed by atoms with van der Waals surface area (Å²) in [5.41, 5.74) is 7.36. The number of pyridine rings is 1. The van der Waals surface area contributed by atoms with Gasteiger partial charge in [-0.1, -0.05) is 0 Å². The maximum atomic E-state index is 4.56. The van der Waals surface area contributed by atoms with Crippen molar-refractivity contribution < 1.29 is 0 Å². The topological polar surface area (TPSA) is 28.7 Å². The first-order valence-corrected chi connectivity index (χ1v) is 4.95. The molecule has 1 N–H and O–H groups in total. The molecule has 0 aliphatic carbocycles. The van der Waals surface area contributed by atoms with E-state index in [1.165, 1.54) is 27.8 Å². The molecule has 0 fully saturated rings. The maximum Gasteiger partial charge on any atom is 0.138 e. The van der Waals surface area contributed by atoms with Gasteiger partial charge in [-0.3, -0.25) is 0 Å². The van der Waals surface area contributed by atoms with Gasteiger partial charge in [0, 0.05) is 16.8 Å². The van der Waals surface area contributed by atoms with Gasteiger partial charge in [0.1, 0.15) is 5.65 Å². The molecular formula is C12H16N2. The smallest absolute Gasteiger partial charge is 0.138 e. The first-order chi connectivity index (χ1) is 6.52. The molecule has 2 heterocycles. The van der Waals surface area contributed by atoms with Crippen molar-refractivity contribution in [2.45, 2.75) is 34.6 Å². The van der Waals surface area contributed by atoms with Crippen molar-refractivity contribution in [1.82, 2.24) is 9.97 Å². The Hall–Kier alpha value is -1.31. The Morgan fingerprint density at radius 2 is 1.50 bits per heavy atom. The molecule has 0 unspecified atom stereocenters. The summed E-state index contributed by atoms with van der Waals surface area (Å²) < 4.78 is 0. The van der Waals surface area contributed by atoms with E-state index in [1.807, 2.05) is 0 Å². The first-order valence-electron chi connectivity index (χ1n) is 4.95. The van der Waals surface area contributed by atoms with E-state index < -0.39 is 0 Å². The van der Waals surface area contributed by atoms with Crippen LogP contribution < -0.4 is 0 Å². The Bertz CT molecular complexity index is 507. The molecule has 2 nitrogen and oxygen atoms in total. The van der Waals surface area contributed by atoms with Crippen molar-refractivity contribution in [3.8, 4) is 0 Å². The highest BCUT2D eigenvalue weighted by molar-refractivity contribution is 5.85. The summed E-state index contributed by atoms with van der Waals surface area (Å²) in [6.07, 6.45) is 0. The van der Waals surface area contributed by atoms with E-state index in [4.69, 9.17) is 0 Å². The third kappa shape index (κ3) is 1.07. The van der Waals surface area contributed by atoms with Crippen molar-refractivity contribution in [3.05, 3.63) is 28.1 Å². The lowest BCUT2D eigenvalue weighted by Crippen LogP contribution is -1.92. The van der Waals surface area contributed by atoms with E-state index in [2.05, 4.69) is 44.6 Å². The Morgan fingerprint density at radius 3 is 2.14 bits per heavy atom. The second-order valence-corrected chi connectivity index (χ2v) is 4.05. The van der Waals surface area contributed by atoms with Crippen LogP contribution in [0.2, 0.25) is 0 Å². The van der Waals surface area contributed by atoms with Gasteiger partial charge < -0.3 is 4.98 Å². The molecule has 74 valence electrons. The summed E-state index contributed by atoms with van der Waals surface area (Å²) in [4.78, 5) is 7.89. The lowest BCUT2D eigenvalue weighted by Gasteiger charge is -2.05. The van der Waals surface area contributed by atoms with E-state index >= 15 is 0 Å². The van der Waals surface area contributed by atoms with Crippen LogP contribution in [0.1, 0.15) is 28.1 Å². The summed E-state index contributed by atoms with van der Waals surface area (Å²) in [5, 5.41) is 1.30. The third-order valence-corrected chi connectivity index (χ3v) is 3.24. The SMILES string of the molecule is Cc1nc2[nH]c(C)c(C)c2c(C)c1C. The van der Waals surface area contributed by atoms with Crippen LogP contribution in [0.4, 0.5) is 0 Å². The summed E-state index contributed by atoms with van der Waals surface area (Å²) in [6.45, 7) is 10.6. The number of nitrogens with zero attached hydrogens (tertiary/aromatic N) is 1. The predicted octanol–water partition coefficient (Wildman–Crippen LogP) is 3.11. The molecule has 2 heteroatoms. The lowest BCUT2D eigenvalue weighted by molar-refractivity contribution is 1.14.